The van der Waals surface area contributed by atoms with Crippen molar-refractivity contribution < 1.29 is 9.90 Å². The number of aliphatic hydroxyl groups is 1. The van der Waals surface area contributed by atoms with E-state index in [1.54, 1.807) is 0 Å². The smallest absolute Gasteiger partial charge is 0.241 e. The van der Waals surface area contributed by atoms with E-state index in [0.717, 1.165) is 37.2 Å². The van der Waals surface area contributed by atoms with E-state index in [0.29, 0.717) is 0 Å². The van der Waals surface area contributed by atoms with Gasteiger partial charge in [0.1, 0.15) is 0 Å². The van der Waals surface area contributed by atoms with E-state index < -0.39 is 6.10 Å². The maximum Gasteiger partial charge on any atom is 0.241 e. The number of piperidine rings is 1. The first kappa shape index (κ1) is 17.6. The third kappa shape index (κ3) is 4.47. The van der Waals surface area contributed by atoms with Gasteiger partial charge in [0.2, 0.25) is 5.91 Å². The molecule has 1 amide bonds. The summed E-state index contributed by atoms with van der Waals surface area (Å²) < 4.78 is 0. The molecular formula is C21H26N2O2. The first-order valence-electron chi connectivity index (χ1n) is 8.98. The average Bonchev–Trinajstić information content (AvgIpc) is 2.68. The lowest BCUT2D eigenvalue weighted by Gasteiger charge is -2.37. The van der Waals surface area contributed by atoms with Gasteiger partial charge in [-0.2, -0.15) is 0 Å². The van der Waals surface area contributed by atoms with Crippen molar-refractivity contribution in [3.05, 3.63) is 66.2 Å². The summed E-state index contributed by atoms with van der Waals surface area (Å²) in [4.78, 5) is 14.6. The minimum Gasteiger partial charge on any atom is -0.388 e. The molecule has 132 valence electrons. The summed E-state index contributed by atoms with van der Waals surface area (Å²) in [5, 5.41) is 13.5. The Morgan fingerprint density at radius 1 is 1.04 bits per heavy atom. The Morgan fingerprint density at radius 2 is 1.60 bits per heavy atom. The number of para-hydroxylation sites is 1. The lowest BCUT2D eigenvalue weighted by atomic mass is 9.87. The highest BCUT2D eigenvalue weighted by molar-refractivity contribution is 5.94. The van der Waals surface area contributed by atoms with E-state index in [-0.39, 0.29) is 17.9 Å². The molecule has 0 aliphatic carbocycles. The second kappa shape index (κ2) is 8.28. The molecule has 1 heterocycles. The van der Waals surface area contributed by atoms with E-state index in [9.17, 15) is 9.90 Å². The zero-order valence-electron chi connectivity index (χ0n) is 14.6. The highest BCUT2D eigenvalue weighted by Gasteiger charge is 2.30. The summed E-state index contributed by atoms with van der Waals surface area (Å²) in [5.41, 5.74) is 1.81. The van der Waals surface area contributed by atoms with Gasteiger partial charge in [-0.1, -0.05) is 48.5 Å². The Bertz CT molecular complexity index is 667. The molecule has 1 aliphatic heterocycles. The van der Waals surface area contributed by atoms with Gasteiger partial charge in [0.05, 0.1) is 12.1 Å². The summed E-state index contributed by atoms with van der Waals surface area (Å²) in [6.45, 7) is 3.61. The van der Waals surface area contributed by atoms with Crippen molar-refractivity contribution in [1.82, 2.24) is 4.90 Å². The van der Waals surface area contributed by atoms with Crippen LogP contribution in [0.25, 0.3) is 0 Å². The number of benzene rings is 2. The molecular weight excluding hydrogens is 312 g/mol. The molecule has 3 rings (SSSR count). The van der Waals surface area contributed by atoms with Crippen LogP contribution in [-0.2, 0) is 4.79 Å². The summed E-state index contributed by atoms with van der Waals surface area (Å²) >= 11 is 0. The molecule has 2 unspecified atom stereocenters. The van der Waals surface area contributed by atoms with Crippen LogP contribution in [0, 0.1) is 5.92 Å². The van der Waals surface area contributed by atoms with Crippen molar-refractivity contribution in [1.29, 1.82) is 0 Å². The Balaban J connectivity index is 1.52. The zero-order valence-corrected chi connectivity index (χ0v) is 14.6. The SMILES string of the molecule is CC(C(=O)Nc1ccccc1)N1CCC(C(O)c2ccccc2)CC1. The van der Waals surface area contributed by atoms with E-state index in [1.165, 1.54) is 0 Å². The number of rotatable bonds is 5. The highest BCUT2D eigenvalue weighted by Crippen LogP contribution is 2.31. The van der Waals surface area contributed by atoms with Gasteiger partial charge < -0.3 is 10.4 Å². The minimum atomic E-state index is -0.420. The lowest BCUT2D eigenvalue weighted by Crippen LogP contribution is -2.46. The zero-order chi connectivity index (χ0) is 17.6. The van der Waals surface area contributed by atoms with Gasteiger partial charge in [-0.25, -0.2) is 0 Å². The molecule has 0 radical (unpaired) electrons. The Morgan fingerprint density at radius 3 is 2.20 bits per heavy atom. The molecule has 4 heteroatoms. The molecule has 4 nitrogen and oxygen atoms in total. The number of likely N-dealkylation sites (tertiary alicyclic amines) is 1. The van der Waals surface area contributed by atoms with Gasteiger partial charge in [0.15, 0.2) is 0 Å². The number of nitrogens with one attached hydrogen (secondary N) is 1. The first-order chi connectivity index (χ1) is 12.1. The molecule has 2 atom stereocenters. The van der Waals surface area contributed by atoms with Crippen molar-refractivity contribution in [3.63, 3.8) is 0 Å². The predicted molar refractivity (Wildman–Crippen MR) is 100 cm³/mol. The fraction of sp³-hybridized carbons (Fsp3) is 0.381. The maximum absolute atomic E-state index is 12.4. The molecule has 1 fully saturated rings. The molecule has 0 bridgehead atoms. The molecule has 0 aromatic heterocycles. The van der Waals surface area contributed by atoms with Gasteiger partial charge in [-0.3, -0.25) is 9.69 Å². The number of carbonyl (C=O) groups is 1. The standard InChI is InChI=1S/C21H26N2O2/c1-16(21(25)22-19-10-6-3-7-11-19)23-14-12-18(13-15-23)20(24)17-8-4-2-5-9-17/h2-11,16,18,20,24H,12-15H2,1H3,(H,22,25). The Hall–Kier alpha value is -2.17. The third-order valence-corrected chi connectivity index (χ3v) is 5.13. The average molecular weight is 338 g/mol. The molecule has 1 aliphatic rings. The van der Waals surface area contributed by atoms with Crippen LogP contribution in [0.1, 0.15) is 31.4 Å². The van der Waals surface area contributed by atoms with Crippen molar-refractivity contribution in [2.75, 3.05) is 18.4 Å². The number of anilines is 1. The van der Waals surface area contributed by atoms with Crippen LogP contribution in [0.5, 0.6) is 0 Å². The third-order valence-electron chi connectivity index (χ3n) is 5.13. The van der Waals surface area contributed by atoms with Crippen LogP contribution >= 0.6 is 0 Å². The molecule has 0 spiro atoms. The number of aliphatic hydroxyl groups excluding tert-OH is 1. The predicted octanol–water partition coefficient (Wildman–Crippen LogP) is 3.46. The number of hydrogen-bond donors (Lipinski definition) is 2. The van der Waals surface area contributed by atoms with Gasteiger partial charge >= 0.3 is 0 Å². The van der Waals surface area contributed by atoms with E-state index in [2.05, 4.69) is 10.2 Å². The fourth-order valence-electron chi connectivity index (χ4n) is 3.48. The van der Waals surface area contributed by atoms with Crippen LogP contribution in [0.4, 0.5) is 5.69 Å². The van der Waals surface area contributed by atoms with Gasteiger partial charge in [0, 0.05) is 5.69 Å². The van der Waals surface area contributed by atoms with E-state index in [4.69, 9.17) is 0 Å². The van der Waals surface area contributed by atoms with Gasteiger partial charge in [-0.15, -0.1) is 0 Å². The van der Waals surface area contributed by atoms with Crippen LogP contribution in [0.2, 0.25) is 0 Å². The largest absolute Gasteiger partial charge is 0.388 e. The maximum atomic E-state index is 12.4. The fourth-order valence-corrected chi connectivity index (χ4v) is 3.48. The van der Waals surface area contributed by atoms with Crippen LogP contribution in [0.15, 0.2) is 60.7 Å². The van der Waals surface area contributed by atoms with Gasteiger partial charge in [-0.05, 0) is 56.5 Å². The number of amides is 1. The summed E-state index contributed by atoms with van der Waals surface area (Å²) in [7, 11) is 0. The summed E-state index contributed by atoms with van der Waals surface area (Å²) in [6, 6.07) is 19.2. The second-order valence-corrected chi connectivity index (χ2v) is 6.76. The van der Waals surface area contributed by atoms with Crippen LogP contribution in [-0.4, -0.2) is 35.0 Å². The van der Waals surface area contributed by atoms with Crippen molar-refractivity contribution >= 4 is 11.6 Å². The highest BCUT2D eigenvalue weighted by atomic mass is 16.3. The van der Waals surface area contributed by atoms with E-state index in [1.807, 2.05) is 67.6 Å². The minimum absolute atomic E-state index is 0.0215. The van der Waals surface area contributed by atoms with Crippen LogP contribution in [0.3, 0.4) is 0 Å². The normalized spacial score (nSPS) is 18.5. The van der Waals surface area contributed by atoms with Gasteiger partial charge in [0.25, 0.3) is 0 Å². The first-order valence-corrected chi connectivity index (χ1v) is 8.98. The summed E-state index contributed by atoms with van der Waals surface area (Å²) in [6.07, 6.45) is 1.38. The summed E-state index contributed by atoms with van der Waals surface area (Å²) in [5.74, 6) is 0.274. The van der Waals surface area contributed by atoms with Crippen molar-refractivity contribution in [3.8, 4) is 0 Å². The monoisotopic (exact) mass is 338 g/mol. The van der Waals surface area contributed by atoms with E-state index >= 15 is 0 Å². The molecule has 0 saturated carbocycles. The second-order valence-electron chi connectivity index (χ2n) is 6.76. The quantitative estimate of drug-likeness (QED) is 0.878. The van der Waals surface area contributed by atoms with Crippen molar-refractivity contribution in [2.24, 2.45) is 5.92 Å². The van der Waals surface area contributed by atoms with Crippen LogP contribution < -0.4 is 5.32 Å². The lowest BCUT2D eigenvalue weighted by molar-refractivity contribution is -0.121. The van der Waals surface area contributed by atoms with Crippen molar-refractivity contribution in [2.45, 2.75) is 31.9 Å². The molecule has 2 aromatic rings. The Kier molecular flexibility index (Phi) is 5.84. The number of nitrogens with zero attached hydrogens (tertiary/aromatic N) is 1. The number of hydrogen-bond acceptors (Lipinski definition) is 3. The Labute approximate surface area is 149 Å². The molecule has 25 heavy (non-hydrogen) atoms. The molecule has 1 saturated heterocycles. The molecule has 2 N–H and O–H groups in total. The topological polar surface area (TPSA) is 52.6 Å². The number of carbonyl (C=O) groups excluding carboxylic acids is 1. The molecule has 2 aromatic carbocycles.